The number of rotatable bonds is 2. The maximum absolute atomic E-state index is 11.6. The van der Waals surface area contributed by atoms with Crippen LogP contribution in [0.5, 0.6) is 5.75 Å². The smallest absolute Gasteiger partial charge is 0.236 e. The Morgan fingerprint density at radius 1 is 1.43 bits per heavy atom. The van der Waals surface area contributed by atoms with Gasteiger partial charge in [-0.25, -0.2) is 4.98 Å². The van der Waals surface area contributed by atoms with Gasteiger partial charge >= 0.3 is 0 Å². The van der Waals surface area contributed by atoms with Crippen LogP contribution in [0.1, 0.15) is 16.2 Å². The van der Waals surface area contributed by atoms with Crippen LogP contribution < -0.4 is 0 Å². The summed E-state index contributed by atoms with van der Waals surface area (Å²) < 4.78 is 4.52. The Balaban J connectivity index is 2.42. The second-order valence-electron chi connectivity index (χ2n) is 2.58. The topological polar surface area (TPSA) is 76.2 Å². The molecule has 5 nitrogen and oxygen atoms in total. The predicted octanol–water partition coefficient (Wildman–Crippen LogP) is 1.01. The molecule has 1 N–H and O–H groups in total. The molecule has 0 amide bonds. The molecule has 0 bridgehead atoms. The van der Waals surface area contributed by atoms with Crippen molar-refractivity contribution in [3.8, 4) is 5.75 Å². The predicted molar refractivity (Wildman–Crippen MR) is 45.8 cm³/mol. The second-order valence-corrected chi connectivity index (χ2v) is 2.58. The fourth-order valence-electron chi connectivity index (χ4n) is 1.02. The molecule has 70 valence electrons. The fraction of sp³-hybridized carbons (Fsp3) is 0. The van der Waals surface area contributed by atoms with Crippen molar-refractivity contribution in [1.29, 1.82) is 0 Å². The molecule has 0 atom stereocenters. The first-order chi connectivity index (χ1) is 6.79. The third kappa shape index (κ3) is 1.35. The zero-order valence-electron chi connectivity index (χ0n) is 7.04. The van der Waals surface area contributed by atoms with Crippen LogP contribution in [0.3, 0.4) is 0 Å². The molecular formula is C9H6N2O3. The average molecular weight is 190 g/mol. The summed E-state index contributed by atoms with van der Waals surface area (Å²) in [7, 11) is 0. The van der Waals surface area contributed by atoms with Gasteiger partial charge < -0.3 is 9.63 Å². The van der Waals surface area contributed by atoms with Gasteiger partial charge in [-0.15, -0.1) is 0 Å². The normalized spacial score (nSPS) is 10.0. The molecule has 14 heavy (non-hydrogen) atoms. The summed E-state index contributed by atoms with van der Waals surface area (Å²) in [5.41, 5.74) is 0.0976. The minimum Gasteiger partial charge on any atom is -0.506 e. The van der Waals surface area contributed by atoms with Crippen molar-refractivity contribution in [2.24, 2.45) is 0 Å². The summed E-state index contributed by atoms with van der Waals surface area (Å²) in [6.07, 6.45) is 2.71. The molecule has 5 heteroatoms. The van der Waals surface area contributed by atoms with Crippen LogP contribution in [0, 0.1) is 0 Å². The van der Waals surface area contributed by atoms with Crippen LogP contribution in [0.2, 0.25) is 0 Å². The van der Waals surface area contributed by atoms with E-state index in [1.807, 2.05) is 0 Å². The standard InChI is InChI=1S/C9H6N2O3/c12-7-2-1-4-10-8(7)9(13)6-3-5-14-11-6/h1-5,12H. The van der Waals surface area contributed by atoms with Crippen LogP contribution in [-0.4, -0.2) is 21.0 Å². The van der Waals surface area contributed by atoms with E-state index in [0.29, 0.717) is 0 Å². The van der Waals surface area contributed by atoms with E-state index in [0.717, 1.165) is 0 Å². The molecule has 0 aliphatic rings. The molecule has 0 spiro atoms. The van der Waals surface area contributed by atoms with Crippen LogP contribution in [0.15, 0.2) is 35.2 Å². The van der Waals surface area contributed by atoms with Gasteiger partial charge in [0.2, 0.25) is 5.78 Å². The lowest BCUT2D eigenvalue weighted by atomic mass is 10.2. The highest BCUT2D eigenvalue weighted by molar-refractivity contribution is 6.07. The molecule has 0 aliphatic carbocycles. The molecule has 0 saturated heterocycles. The van der Waals surface area contributed by atoms with Gasteiger partial charge in [-0.3, -0.25) is 4.79 Å². The van der Waals surface area contributed by atoms with E-state index >= 15 is 0 Å². The van der Waals surface area contributed by atoms with Gasteiger partial charge in [-0.05, 0) is 12.1 Å². The molecule has 2 aromatic rings. The Hall–Kier alpha value is -2.17. The number of pyridine rings is 1. The first kappa shape index (κ1) is 8.43. The quantitative estimate of drug-likeness (QED) is 0.715. The van der Waals surface area contributed by atoms with Crippen LogP contribution >= 0.6 is 0 Å². The minimum atomic E-state index is -0.461. The zero-order chi connectivity index (χ0) is 9.97. The van der Waals surface area contributed by atoms with E-state index in [-0.39, 0.29) is 17.1 Å². The molecule has 2 aromatic heterocycles. The summed E-state index contributed by atoms with van der Waals surface area (Å²) in [6, 6.07) is 4.34. The van der Waals surface area contributed by atoms with Crippen LogP contribution in [0.25, 0.3) is 0 Å². The molecule has 0 aliphatic heterocycles. The van der Waals surface area contributed by atoms with E-state index in [4.69, 9.17) is 0 Å². The molecule has 0 radical (unpaired) electrons. The van der Waals surface area contributed by atoms with Crippen molar-refractivity contribution in [1.82, 2.24) is 10.1 Å². The third-order valence-corrected chi connectivity index (χ3v) is 1.67. The Labute approximate surface area is 79.0 Å². The lowest BCUT2D eigenvalue weighted by molar-refractivity contribution is 0.102. The van der Waals surface area contributed by atoms with Crippen molar-refractivity contribution >= 4 is 5.78 Å². The SMILES string of the molecule is O=C(c1ccon1)c1ncccc1O. The Bertz CT molecular complexity index is 451. The minimum absolute atomic E-state index is 0.0265. The molecular weight excluding hydrogens is 184 g/mol. The number of nitrogens with zero attached hydrogens (tertiary/aromatic N) is 2. The van der Waals surface area contributed by atoms with Crippen molar-refractivity contribution in [2.45, 2.75) is 0 Å². The maximum Gasteiger partial charge on any atom is 0.236 e. The molecule has 2 rings (SSSR count). The Morgan fingerprint density at radius 3 is 2.93 bits per heavy atom. The van der Waals surface area contributed by atoms with Crippen LogP contribution in [-0.2, 0) is 0 Å². The van der Waals surface area contributed by atoms with Gasteiger partial charge in [-0.1, -0.05) is 5.16 Å². The molecule has 0 fully saturated rings. The number of hydrogen-bond donors (Lipinski definition) is 1. The summed E-state index contributed by atoms with van der Waals surface area (Å²) in [6.45, 7) is 0. The molecule has 0 aromatic carbocycles. The number of hydrogen-bond acceptors (Lipinski definition) is 5. The lowest BCUT2D eigenvalue weighted by Crippen LogP contribution is -2.04. The Morgan fingerprint density at radius 2 is 2.29 bits per heavy atom. The second kappa shape index (κ2) is 3.29. The zero-order valence-corrected chi connectivity index (χ0v) is 7.04. The van der Waals surface area contributed by atoms with E-state index in [2.05, 4.69) is 14.7 Å². The van der Waals surface area contributed by atoms with Crippen molar-refractivity contribution < 1.29 is 14.4 Å². The first-order valence-corrected chi connectivity index (χ1v) is 3.88. The van der Waals surface area contributed by atoms with Gasteiger partial charge in [0.15, 0.2) is 11.4 Å². The van der Waals surface area contributed by atoms with Gasteiger partial charge in [-0.2, -0.15) is 0 Å². The summed E-state index contributed by atoms with van der Waals surface area (Å²) >= 11 is 0. The lowest BCUT2D eigenvalue weighted by Gasteiger charge is -1.97. The number of carbonyl (C=O) groups excluding carboxylic acids is 1. The van der Waals surface area contributed by atoms with Gasteiger partial charge in [0.05, 0.1) is 0 Å². The third-order valence-electron chi connectivity index (χ3n) is 1.67. The number of carbonyl (C=O) groups is 1. The molecule has 2 heterocycles. The molecule has 0 saturated carbocycles. The van der Waals surface area contributed by atoms with E-state index in [1.165, 1.54) is 30.7 Å². The largest absolute Gasteiger partial charge is 0.506 e. The van der Waals surface area contributed by atoms with Crippen LogP contribution in [0.4, 0.5) is 0 Å². The molecule has 0 unspecified atom stereocenters. The maximum atomic E-state index is 11.6. The van der Waals surface area contributed by atoms with Crippen molar-refractivity contribution in [3.63, 3.8) is 0 Å². The van der Waals surface area contributed by atoms with E-state index < -0.39 is 5.78 Å². The number of aromatic hydroxyl groups is 1. The van der Waals surface area contributed by atoms with Gasteiger partial charge in [0.1, 0.15) is 12.0 Å². The fourth-order valence-corrected chi connectivity index (χ4v) is 1.02. The average Bonchev–Trinajstić information content (AvgIpc) is 2.70. The highest BCUT2D eigenvalue weighted by Gasteiger charge is 2.16. The number of ketones is 1. The highest BCUT2D eigenvalue weighted by Crippen LogP contribution is 2.15. The summed E-state index contributed by atoms with van der Waals surface area (Å²) in [5.74, 6) is -0.627. The van der Waals surface area contributed by atoms with Crippen molar-refractivity contribution in [3.05, 3.63) is 42.0 Å². The monoisotopic (exact) mass is 190 g/mol. The van der Waals surface area contributed by atoms with Gasteiger partial charge in [0.25, 0.3) is 0 Å². The number of aromatic nitrogens is 2. The van der Waals surface area contributed by atoms with Gasteiger partial charge in [0, 0.05) is 12.3 Å². The highest BCUT2D eigenvalue weighted by atomic mass is 16.5. The Kier molecular flexibility index (Phi) is 1.98. The summed E-state index contributed by atoms with van der Waals surface area (Å²) in [5, 5.41) is 12.8. The first-order valence-electron chi connectivity index (χ1n) is 3.88. The summed E-state index contributed by atoms with van der Waals surface area (Å²) in [4.78, 5) is 15.3. The van der Waals surface area contributed by atoms with E-state index in [9.17, 15) is 9.90 Å². The van der Waals surface area contributed by atoms with E-state index in [1.54, 1.807) is 0 Å². The van der Waals surface area contributed by atoms with Crippen molar-refractivity contribution in [2.75, 3.05) is 0 Å².